The number of aromatic amines is 1. The molecule has 0 spiro atoms. The van der Waals surface area contributed by atoms with Gasteiger partial charge in [-0.15, -0.1) is 10.2 Å². The fourth-order valence-electron chi connectivity index (χ4n) is 2.23. The van der Waals surface area contributed by atoms with Crippen LogP contribution in [0.2, 0.25) is 0 Å². The second-order valence-corrected chi connectivity index (χ2v) is 6.15. The molecule has 128 valence electrons. The van der Waals surface area contributed by atoms with Crippen molar-refractivity contribution in [1.82, 2.24) is 15.4 Å². The van der Waals surface area contributed by atoms with Crippen LogP contribution in [0.3, 0.4) is 0 Å². The molecule has 0 radical (unpaired) electrons. The van der Waals surface area contributed by atoms with Gasteiger partial charge in [0, 0.05) is 21.9 Å². The Bertz CT molecular complexity index is 910. The number of hydrogen-bond donors (Lipinski definition) is 3. The van der Waals surface area contributed by atoms with Crippen LogP contribution in [0.1, 0.15) is 16.1 Å². The summed E-state index contributed by atoms with van der Waals surface area (Å²) in [6, 6.07) is 12.9. The fraction of sp³-hybridized carbons (Fsp3) is 0.118. The standard InChI is InChI=1S/C17H16BrN5O2/c1-10-8-12(6-7-14(10)18)20-17(24)15-16(22-23-21-15)19-11-4-3-5-13(9-11)25-2/h3-9H,1-2H3,(H,20,24)(H2,19,21,22,23). The van der Waals surface area contributed by atoms with Gasteiger partial charge in [0.15, 0.2) is 11.5 Å². The van der Waals surface area contributed by atoms with Gasteiger partial charge < -0.3 is 15.4 Å². The van der Waals surface area contributed by atoms with Crippen molar-refractivity contribution >= 4 is 39.0 Å². The molecule has 2 aromatic carbocycles. The number of hydrogen-bond acceptors (Lipinski definition) is 5. The number of halogens is 1. The van der Waals surface area contributed by atoms with Crippen molar-refractivity contribution < 1.29 is 9.53 Å². The first-order valence-electron chi connectivity index (χ1n) is 7.46. The zero-order valence-corrected chi connectivity index (χ0v) is 15.2. The molecule has 0 atom stereocenters. The van der Waals surface area contributed by atoms with Crippen molar-refractivity contribution in [3.63, 3.8) is 0 Å². The highest BCUT2D eigenvalue weighted by Gasteiger charge is 2.17. The number of carbonyl (C=O) groups excluding carboxylic acids is 1. The lowest BCUT2D eigenvalue weighted by atomic mass is 10.2. The third-order valence-corrected chi connectivity index (χ3v) is 4.40. The smallest absolute Gasteiger partial charge is 0.280 e. The highest BCUT2D eigenvalue weighted by molar-refractivity contribution is 9.10. The van der Waals surface area contributed by atoms with Gasteiger partial charge in [0.05, 0.1) is 7.11 Å². The molecular weight excluding hydrogens is 386 g/mol. The monoisotopic (exact) mass is 401 g/mol. The van der Waals surface area contributed by atoms with Gasteiger partial charge in [-0.2, -0.15) is 5.21 Å². The first kappa shape index (κ1) is 17.0. The van der Waals surface area contributed by atoms with E-state index in [1.165, 1.54) is 0 Å². The Hall–Kier alpha value is -2.87. The van der Waals surface area contributed by atoms with E-state index < -0.39 is 0 Å². The van der Waals surface area contributed by atoms with Crippen molar-refractivity contribution in [3.05, 3.63) is 58.2 Å². The van der Waals surface area contributed by atoms with E-state index in [1.54, 1.807) is 13.2 Å². The van der Waals surface area contributed by atoms with Crippen LogP contribution in [0, 0.1) is 6.92 Å². The van der Waals surface area contributed by atoms with Crippen molar-refractivity contribution in [3.8, 4) is 5.75 Å². The Morgan fingerprint density at radius 2 is 2.00 bits per heavy atom. The molecule has 25 heavy (non-hydrogen) atoms. The first-order chi connectivity index (χ1) is 12.1. The Morgan fingerprint density at radius 1 is 1.16 bits per heavy atom. The summed E-state index contributed by atoms with van der Waals surface area (Å²) in [6.07, 6.45) is 0. The number of benzene rings is 2. The summed E-state index contributed by atoms with van der Waals surface area (Å²) in [5.74, 6) is 0.672. The molecule has 0 aliphatic carbocycles. The van der Waals surface area contributed by atoms with Gasteiger partial charge >= 0.3 is 0 Å². The Balaban J connectivity index is 1.78. The molecular formula is C17H16BrN5O2. The van der Waals surface area contributed by atoms with Crippen LogP contribution in [0.5, 0.6) is 5.75 Å². The lowest BCUT2D eigenvalue weighted by Crippen LogP contribution is -2.14. The number of ether oxygens (including phenoxy) is 1. The van der Waals surface area contributed by atoms with Crippen molar-refractivity contribution in [1.29, 1.82) is 0 Å². The third-order valence-electron chi connectivity index (χ3n) is 3.51. The van der Waals surface area contributed by atoms with Crippen LogP contribution in [0.25, 0.3) is 0 Å². The highest BCUT2D eigenvalue weighted by atomic mass is 79.9. The molecule has 8 heteroatoms. The molecule has 0 saturated carbocycles. The summed E-state index contributed by atoms with van der Waals surface area (Å²) in [5.41, 5.74) is 2.61. The van der Waals surface area contributed by atoms with Crippen LogP contribution in [-0.2, 0) is 0 Å². The summed E-state index contributed by atoms with van der Waals surface area (Å²) in [7, 11) is 1.59. The molecule has 3 N–H and O–H groups in total. The molecule has 3 aromatic rings. The predicted octanol–water partition coefficient (Wildman–Crippen LogP) is 3.88. The van der Waals surface area contributed by atoms with Gasteiger partial charge in [-0.3, -0.25) is 4.79 Å². The summed E-state index contributed by atoms with van der Waals surface area (Å²) in [4.78, 5) is 12.5. The number of methoxy groups -OCH3 is 1. The average molecular weight is 402 g/mol. The van der Waals surface area contributed by atoms with E-state index in [4.69, 9.17) is 4.74 Å². The van der Waals surface area contributed by atoms with Gasteiger partial charge in [0.1, 0.15) is 5.75 Å². The molecule has 0 saturated heterocycles. The number of aryl methyl sites for hydroxylation is 1. The minimum atomic E-state index is -0.360. The van der Waals surface area contributed by atoms with Gasteiger partial charge in [-0.1, -0.05) is 22.0 Å². The minimum Gasteiger partial charge on any atom is -0.497 e. The number of carbonyl (C=O) groups is 1. The molecule has 1 aromatic heterocycles. The molecule has 0 fully saturated rings. The van der Waals surface area contributed by atoms with Gasteiger partial charge in [0.2, 0.25) is 0 Å². The maximum Gasteiger partial charge on any atom is 0.280 e. The van der Waals surface area contributed by atoms with E-state index in [0.29, 0.717) is 17.3 Å². The second-order valence-electron chi connectivity index (χ2n) is 5.30. The lowest BCUT2D eigenvalue weighted by Gasteiger charge is -2.08. The molecule has 0 aliphatic heterocycles. The van der Waals surface area contributed by atoms with Crippen LogP contribution < -0.4 is 15.4 Å². The minimum absolute atomic E-state index is 0.170. The van der Waals surface area contributed by atoms with Crippen LogP contribution in [-0.4, -0.2) is 28.4 Å². The number of rotatable bonds is 5. The first-order valence-corrected chi connectivity index (χ1v) is 8.25. The van der Waals surface area contributed by atoms with E-state index in [2.05, 4.69) is 42.0 Å². The quantitative estimate of drug-likeness (QED) is 0.603. The van der Waals surface area contributed by atoms with E-state index in [0.717, 1.165) is 15.7 Å². The molecule has 7 nitrogen and oxygen atoms in total. The average Bonchev–Trinajstić information content (AvgIpc) is 3.06. The molecule has 0 unspecified atom stereocenters. The molecule has 3 rings (SSSR count). The Morgan fingerprint density at radius 3 is 2.76 bits per heavy atom. The van der Waals surface area contributed by atoms with E-state index in [-0.39, 0.29) is 11.6 Å². The maximum absolute atomic E-state index is 12.5. The largest absolute Gasteiger partial charge is 0.497 e. The Labute approximate surface area is 152 Å². The summed E-state index contributed by atoms with van der Waals surface area (Å²) in [5, 5.41) is 16.3. The third kappa shape index (κ3) is 3.97. The van der Waals surface area contributed by atoms with E-state index in [1.807, 2.05) is 43.3 Å². The molecule has 1 heterocycles. The second kappa shape index (κ2) is 7.35. The number of anilines is 3. The fourth-order valence-corrected chi connectivity index (χ4v) is 2.47. The topological polar surface area (TPSA) is 91.9 Å². The zero-order valence-electron chi connectivity index (χ0n) is 13.6. The Kier molecular flexibility index (Phi) is 4.99. The number of H-pyrrole nitrogens is 1. The molecule has 1 amide bonds. The SMILES string of the molecule is COc1cccc(Nc2n[nH]nc2C(=O)Nc2ccc(Br)c(C)c2)c1. The van der Waals surface area contributed by atoms with Crippen molar-refractivity contribution in [2.45, 2.75) is 6.92 Å². The highest BCUT2D eigenvalue weighted by Crippen LogP contribution is 2.23. The molecule has 0 bridgehead atoms. The van der Waals surface area contributed by atoms with Gasteiger partial charge in [-0.25, -0.2) is 0 Å². The van der Waals surface area contributed by atoms with Gasteiger partial charge in [-0.05, 0) is 42.8 Å². The van der Waals surface area contributed by atoms with Crippen molar-refractivity contribution in [2.75, 3.05) is 17.7 Å². The van der Waals surface area contributed by atoms with Gasteiger partial charge in [0.25, 0.3) is 5.91 Å². The number of aromatic nitrogens is 3. The predicted molar refractivity (Wildman–Crippen MR) is 99.5 cm³/mol. The number of nitrogens with one attached hydrogen (secondary N) is 3. The normalized spacial score (nSPS) is 10.4. The van der Waals surface area contributed by atoms with E-state index >= 15 is 0 Å². The van der Waals surface area contributed by atoms with Crippen LogP contribution in [0.15, 0.2) is 46.9 Å². The van der Waals surface area contributed by atoms with Crippen LogP contribution >= 0.6 is 15.9 Å². The molecule has 0 aliphatic rings. The lowest BCUT2D eigenvalue weighted by molar-refractivity contribution is 0.102. The summed E-state index contributed by atoms with van der Waals surface area (Å²) < 4.78 is 6.16. The number of amides is 1. The van der Waals surface area contributed by atoms with E-state index in [9.17, 15) is 4.79 Å². The summed E-state index contributed by atoms with van der Waals surface area (Å²) >= 11 is 3.43. The van der Waals surface area contributed by atoms with Crippen molar-refractivity contribution in [2.24, 2.45) is 0 Å². The number of nitrogens with zero attached hydrogens (tertiary/aromatic N) is 2. The van der Waals surface area contributed by atoms with Crippen LogP contribution in [0.4, 0.5) is 17.2 Å². The summed E-state index contributed by atoms with van der Waals surface area (Å²) in [6.45, 7) is 1.95. The maximum atomic E-state index is 12.5. The zero-order chi connectivity index (χ0) is 17.8.